The van der Waals surface area contributed by atoms with Crippen LogP contribution < -0.4 is 15.2 Å². The van der Waals surface area contributed by atoms with Crippen molar-refractivity contribution in [3.8, 4) is 17.5 Å². The summed E-state index contributed by atoms with van der Waals surface area (Å²) in [5, 5.41) is 0. The highest BCUT2D eigenvalue weighted by Gasteiger charge is 2.08. The molecule has 106 valence electrons. The Morgan fingerprint density at radius 2 is 2.05 bits per heavy atom. The Balaban J connectivity index is 2.17. The number of aryl methyl sites for hydroxylation is 1. The zero-order valence-corrected chi connectivity index (χ0v) is 12.0. The van der Waals surface area contributed by atoms with Gasteiger partial charge in [0, 0.05) is 12.3 Å². The van der Waals surface area contributed by atoms with Crippen LogP contribution >= 0.6 is 0 Å². The van der Waals surface area contributed by atoms with E-state index >= 15 is 0 Å². The van der Waals surface area contributed by atoms with Crippen molar-refractivity contribution in [2.45, 2.75) is 20.8 Å². The van der Waals surface area contributed by atoms with Gasteiger partial charge in [-0.1, -0.05) is 13.8 Å². The number of hydrogen-bond acceptors (Lipinski definition) is 5. The Kier molecular flexibility index (Phi) is 4.40. The van der Waals surface area contributed by atoms with E-state index < -0.39 is 0 Å². The van der Waals surface area contributed by atoms with Crippen molar-refractivity contribution < 1.29 is 9.47 Å². The molecule has 0 fully saturated rings. The molecule has 2 rings (SSSR count). The topological polar surface area (TPSA) is 70.3 Å². The van der Waals surface area contributed by atoms with Crippen molar-refractivity contribution in [1.29, 1.82) is 0 Å². The molecule has 0 aromatic carbocycles. The predicted molar refractivity (Wildman–Crippen MR) is 78.0 cm³/mol. The molecule has 0 amide bonds. The summed E-state index contributed by atoms with van der Waals surface area (Å²) in [5.41, 5.74) is 7.15. The number of nitrogen functional groups attached to an aromatic ring is 1. The van der Waals surface area contributed by atoms with Gasteiger partial charge in [-0.25, -0.2) is 0 Å². The van der Waals surface area contributed by atoms with Gasteiger partial charge in [0.15, 0.2) is 5.75 Å². The molecule has 2 heterocycles. The average Bonchev–Trinajstić information content (AvgIpc) is 2.42. The van der Waals surface area contributed by atoms with Crippen LogP contribution in [0, 0.1) is 12.8 Å². The normalized spacial score (nSPS) is 10.6. The van der Waals surface area contributed by atoms with Crippen LogP contribution in [0.2, 0.25) is 0 Å². The zero-order valence-electron chi connectivity index (χ0n) is 12.0. The molecule has 2 N–H and O–H groups in total. The summed E-state index contributed by atoms with van der Waals surface area (Å²) in [7, 11) is 0. The van der Waals surface area contributed by atoms with Crippen molar-refractivity contribution in [3.05, 3.63) is 36.2 Å². The Labute approximate surface area is 118 Å². The Morgan fingerprint density at radius 1 is 1.25 bits per heavy atom. The number of nitrogens with two attached hydrogens (primary N) is 1. The molecular formula is C15H19N3O2. The fourth-order valence-corrected chi connectivity index (χ4v) is 1.54. The van der Waals surface area contributed by atoms with Gasteiger partial charge in [-0.05, 0) is 31.0 Å². The van der Waals surface area contributed by atoms with Crippen LogP contribution in [-0.2, 0) is 0 Å². The summed E-state index contributed by atoms with van der Waals surface area (Å²) in [6, 6.07) is 7.10. The Morgan fingerprint density at radius 3 is 2.75 bits per heavy atom. The van der Waals surface area contributed by atoms with E-state index in [-0.39, 0.29) is 0 Å². The molecule has 0 unspecified atom stereocenters. The highest BCUT2D eigenvalue weighted by atomic mass is 16.5. The van der Waals surface area contributed by atoms with Crippen LogP contribution in [-0.4, -0.2) is 16.6 Å². The molecule has 5 nitrogen and oxygen atoms in total. The molecule has 0 aliphatic rings. The molecule has 20 heavy (non-hydrogen) atoms. The van der Waals surface area contributed by atoms with Crippen LogP contribution in [0.15, 0.2) is 30.5 Å². The maximum absolute atomic E-state index is 5.84. The quantitative estimate of drug-likeness (QED) is 0.905. The van der Waals surface area contributed by atoms with Gasteiger partial charge in [-0.3, -0.25) is 4.98 Å². The maximum atomic E-state index is 5.84. The molecule has 0 spiro atoms. The molecule has 0 aliphatic carbocycles. The van der Waals surface area contributed by atoms with E-state index in [1.165, 1.54) is 0 Å². The Bertz CT molecular complexity index is 585. The average molecular weight is 273 g/mol. The van der Waals surface area contributed by atoms with Gasteiger partial charge in [-0.15, -0.1) is 0 Å². The first kappa shape index (κ1) is 14.1. The summed E-state index contributed by atoms with van der Waals surface area (Å²) in [6.45, 7) is 6.57. The van der Waals surface area contributed by atoms with Crippen molar-refractivity contribution in [2.75, 3.05) is 12.3 Å². The minimum absolute atomic E-state index is 0.401. The van der Waals surface area contributed by atoms with Crippen molar-refractivity contribution in [2.24, 2.45) is 5.92 Å². The lowest BCUT2D eigenvalue weighted by atomic mass is 10.2. The number of aromatic nitrogens is 2. The molecule has 0 radical (unpaired) electrons. The van der Waals surface area contributed by atoms with Crippen molar-refractivity contribution in [3.63, 3.8) is 0 Å². The van der Waals surface area contributed by atoms with Gasteiger partial charge >= 0.3 is 0 Å². The number of anilines is 1. The van der Waals surface area contributed by atoms with E-state index in [4.69, 9.17) is 15.2 Å². The smallest absolute Gasteiger partial charge is 0.240 e. The van der Waals surface area contributed by atoms with Crippen molar-refractivity contribution in [1.82, 2.24) is 9.97 Å². The van der Waals surface area contributed by atoms with Crippen LogP contribution in [0.4, 0.5) is 5.69 Å². The highest BCUT2D eigenvalue weighted by molar-refractivity contribution is 5.49. The van der Waals surface area contributed by atoms with Crippen LogP contribution in [0.5, 0.6) is 17.5 Å². The molecule has 0 saturated carbocycles. The first-order valence-electron chi connectivity index (χ1n) is 6.55. The standard InChI is InChI=1S/C15H19N3O2/c1-10(2)9-19-15-12(16)6-7-14(18-15)20-13-5-4-8-17-11(13)3/h4-8,10H,9,16H2,1-3H3. The van der Waals surface area contributed by atoms with E-state index in [2.05, 4.69) is 23.8 Å². The molecule has 2 aromatic rings. The molecule has 0 bridgehead atoms. The van der Waals surface area contributed by atoms with E-state index in [0.717, 1.165) is 5.69 Å². The van der Waals surface area contributed by atoms with Crippen LogP contribution in [0.25, 0.3) is 0 Å². The van der Waals surface area contributed by atoms with Gasteiger partial charge in [0.25, 0.3) is 0 Å². The molecule has 0 saturated heterocycles. The second kappa shape index (κ2) is 6.23. The second-order valence-corrected chi connectivity index (χ2v) is 4.94. The summed E-state index contributed by atoms with van der Waals surface area (Å²) in [4.78, 5) is 8.45. The van der Waals surface area contributed by atoms with Crippen molar-refractivity contribution >= 4 is 5.69 Å². The number of nitrogens with zero attached hydrogens (tertiary/aromatic N) is 2. The summed E-state index contributed by atoms with van der Waals surface area (Å²) < 4.78 is 11.3. The number of rotatable bonds is 5. The molecule has 2 aromatic heterocycles. The maximum Gasteiger partial charge on any atom is 0.240 e. The monoisotopic (exact) mass is 273 g/mol. The highest BCUT2D eigenvalue weighted by Crippen LogP contribution is 2.27. The third-order valence-corrected chi connectivity index (χ3v) is 2.59. The van der Waals surface area contributed by atoms with Gasteiger partial charge in [0.2, 0.25) is 11.8 Å². The molecular weight excluding hydrogens is 254 g/mol. The van der Waals surface area contributed by atoms with E-state index in [1.807, 2.05) is 19.1 Å². The summed E-state index contributed by atoms with van der Waals surface area (Å²) >= 11 is 0. The van der Waals surface area contributed by atoms with Gasteiger partial charge in [0.1, 0.15) is 0 Å². The first-order valence-corrected chi connectivity index (χ1v) is 6.55. The van der Waals surface area contributed by atoms with Gasteiger partial charge in [-0.2, -0.15) is 4.98 Å². The van der Waals surface area contributed by atoms with E-state index in [1.54, 1.807) is 18.3 Å². The van der Waals surface area contributed by atoms with E-state index in [9.17, 15) is 0 Å². The third-order valence-electron chi connectivity index (χ3n) is 2.59. The fraction of sp³-hybridized carbons (Fsp3) is 0.333. The number of ether oxygens (including phenoxy) is 2. The lowest BCUT2D eigenvalue weighted by Crippen LogP contribution is -2.08. The second-order valence-electron chi connectivity index (χ2n) is 4.94. The number of hydrogen-bond donors (Lipinski definition) is 1. The lowest BCUT2D eigenvalue weighted by Gasteiger charge is -2.12. The fourth-order valence-electron chi connectivity index (χ4n) is 1.54. The van der Waals surface area contributed by atoms with Crippen LogP contribution in [0.3, 0.4) is 0 Å². The summed E-state index contributed by atoms with van der Waals surface area (Å²) in [6.07, 6.45) is 1.72. The number of pyridine rings is 2. The third kappa shape index (κ3) is 3.60. The van der Waals surface area contributed by atoms with Gasteiger partial charge in [0.05, 0.1) is 18.0 Å². The predicted octanol–water partition coefficient (Wildman–Crippen LogP) is 3.19. The SMILES string of the molecule is Cc1ncccc1Oc1ccc(N)c(OCC(C)C)n1. The minimum atomic E-state index is 0.401. The first-order chi connectivity index (χ1) is 9.56. The lowest BCUT2D eigenvalue weighted by molar-refractivity contribution is 0.260. The summed E-state index contributed by atoms with van der Waals surface area (Å²) in [5.74, 6) is 1.91. The minimum Gasteiger partial charge on any atom is -0.476 e. The molecule has 0 atom stereocenters. The zero-order chi connectivity index (χ0) is 14.5. The van der Waals surface area contributed by atoms with E-state index in [0.29, 0.717) is 35.7 Å². The molecule has 5 heteroatoms. The largest absolute Gasteiger partial charge is 0.476 e. The van der Waals surface area contributed by atoms with Gasteiger partial charge < -0.3 is 15.2 Å². The molecule has 0 aliphatic heterocycles. The van der Waals surface area contributed by atoms with Crippen LogP contribution in [0.1, 0.15) is 19.5 Å². The Hall–Kier alpha value is -2.30.